The second-order valence-corrected chi connectivity index (χ2v) is 11.9. The summed E-state index contributed by atoms with van der Waals surface area (Å²) in [6, 6.07) is 3.21. The Labute approximate surface area is 297 Å². The van der Waals surface area contributed by atoms with Crippen LogP contribution in [0.1, 0.15) is 76.8 Å². The Balaban J connectivity index is 0.000000837. The van der Waals surface area contributed by atoms with Crippen LogP contribution in [0, 0.1) is 23.1 Å². The molecule has 5 rings (SSSR count). The van der Waals surface area contributed by atoms with E-state index in [-0.39, 0.29) is 61.7 Å². The summed E-state index contributed by atoms with van der Waals surface area (Å²) in [7, 11) is 1.38. The van der Waals surface area contributed by atoms with E-state index in [0.29, 0.717) is 37.4 Å². The van der Waals surface area contributed by atoms with E-state index in [0.717, 1.165) is 17.4 Å². The number of allylic oxidation sites excluding steroid dienone is 2. The van der Waals surface area contributed by atoms with E-state index in [9.17, 15) is 9.18 Å². The molecule has 9 nitrogen and oxygen atoms in total. The van der Waals surface area contributed by atoms with Gasteiger partial charge in [0.05, 0.1) is 34.5 Å². The number of unbranched alkanes of at least 4 members (excludes halogenated alkanes) is 2. The number of carbonyl (C=O) groups is 1. The Bertz CT molecular complexity index is 1680. The fraction of sp³-hybridized carbons (Fsp3) is 0.444. The van der Waals surface area contributed by atoms with Gasteiger partial charge in [-0.3, -0.25) is 4.79 Å². The molecule has 0 aliphatic carbocycles. The molecule has 0 radical (unpaired) electrons. The number of aromatic nitrogens is 2. The quantitative estimate of drug-likeness (QED) is 0.172. The Kier molecular flexibility index (Phi) is 17.0. The van der Waals surface area contributed by atoms with E-state index in [1.54, 1.807) is 4.90 Å². The lowest BCUT2D eigenvalue weighted by atomic mass is 9.99. The minimum Gasteiger partial charge on any atom is -0.489 e. The van der Waals surface area contributed by atoms with E-state index >= 15 is 4.39 Å². The van der Waals surface area contributed by atoms with Crippen LogP contribution in [0.25, 0.3) is 22.8 Å². The molecule has 0 saturated carbocycles. The highest BCUT2D eigenvalue weighted by Crippen LogP contribution is 2.45. The highest BCUT2D eigenvalue weighted by Gasteiger charge is 2.34. The molecule has 2 aliphatic rings. The van der Waals surface area contributed by atoms with E-state index in [2.05, 4.69) is 30.4 Å². The molecule has 0 spiro atoms. The molecule has 2 aromatic heterocycles. The summed E-state index contributed by atoms with van der Waals surface area (Å²) in [5.41, 5.74) is 5.80. The van der Waals surface area contributed by atoms with Gasteiger partial charge in [0.25, 0.3) is 0 Å². The summed E-state index contributed by atoms with van der Waals surface area (Å²) in [6.07, 6.45) is 9.10. The number of nitrogen functional groups attached to an aromatic ring is 1. The van der Waals surface area contributed by atoms with E-state index < -0.39 is 11.6 Å². The predicted octanol–water partition coefficient (Wildman–Crippen LogP) is 9.06. The molecular weight excluding hydrogens is 670 g/mol. The van der Waals surface area contributed by atoms with Crippen molar-refractivity contribution in [3.05, 3.63) is 57.7 Å². The van der Waals surface area contributed by atoms with Crippen LogP contribution in [-0.4, -0.2) is 60.7 Å². The lowest BCUT2D eigenvalue weighted by Crippen LogP contribution is -2.53. The first-order valence-corrected chi connectivity index (χ1v) is 17.8. The number of thiophene rings is 1. The van der Waals surface area contributed by atoms with Gasteiger partial charge >= 0.3 is 6.01 Å². The van der Waals surface area contributed by atoms with E-state index in [4.69, 9.17) is 32.1 Å². The first kappa shape index (κ1) is 41.0. The minimum absolute atomic E-state index is 0.00883. The van der Waals surface area contributed by atoms with Crippen molar-refractivity contribution < 1.29 is 23.0 Å². The second kappa shape index (κ2) is 20.3. The van der Waals surface area contributed by atoms with Gasteiger partial charge in [0, 0.05) is 31.1 Å². The number of rotatable bonds is 9. The van der Waals surface area contributed by atoms with E-state index in [1.165, 1.54) is 50.7 Å². The van der Waals surface area contributed by atoms with Crippen molar-refractivity contribution in [1.82, 2.24) is 14.9 Å². The lowest BCUT2D eigenvalue weighted by Gasteiger charge is -2.41. The zero-order valence-electron chi connectivity index (χ0n) is 29.4. The number of halogens is 3. The van der Waals surface area contributed by atoms with Crippen LogP contribution in [0.4, 0.5) is 19.6 Å². The third-order valence-corrected chi connectivity index (χ3v) is 8.67. The summed E-state index contributed by atoms with van der Waals surface area (Å²) < 4.78 is 41.9. The molecule has 13 heteroatoms. The summed E-state index contributed by atoms with van der Waals surface area (Å²) in [6.45, 7) is 18.3. The maximum Gasteiger partial charge on any atom is 0.318 e. The number of amides is 1. The zero-order chi connectivity index (χ0) is 36.7. The Morgan fingerprint density at radius 1 is 1.27 bits per heavy atom. The van der Waals surface area contributed by atoms with Gasteiger partial charge in [-0.15, -0.1) is 11.3 Å². The van der Waals surface area contributed by atoms with Crippen molar-refractivity contribution in [2.75, 3.05) is 50.5 Å². The molecule has 1 amide bonds. The molecule has 3 aromatic rings. The lowest BCUT2D eigenvalue weighted by molar-refractivity contribution is -0.131. The van der Waals surface area contributed by atoms with Gasteiger partial charge in [-0.1, -0.05) is 91.1 Å². The molecule has 1 fully saturated rings. The fourth-order valence-electron chi connectivity index (χ4n) is 4.98. The normalized spacial score (nSPS) is 13.8. The fourth-order valence-corrected chi connectivity index (χ4v) is 6.07. The van der Waals surface area contributed by atoms with Crippen molar-refractivity contribution in [3.63, 3.8) is 0 Å². The maximum atomic E-state index is 15.9. The molecule has 49 heavy (non-hydrogen) atoms. The maximum absolute atomic E-state index is 15.9. The molecule has 1 aromatic carbocycles. The molecular formula is C36H47ClF2N6O3S. The van der Waals surface area contributed by atoms with Gasteiger partial charge < -0.3 is 25.0 Å². The number of hydrogen-bond acceptors (Lipinski definition) is 9. The molecule has 266 valence electrons. The Hall–Kier alpha value is -4.21. The van der Waals surface area contributed by atoms with Crippen molar-refractivity contribution in [2.45, 2.75) is 60.8 Å². The SMILES string of the molecule is C=CC(=O)N1CC(CN2CCOc3c(Cl)c(/C=C/C=C(/F)c4cc(C#N)c(N)s4)c(F)c4nc(OC)nc2c34)C1.CC.CC.CCCCC. The number of benzene rings is 1. The second-order valence-electron chi connectivity index (χ2n) is 10.5. The number of likely N-dealkylation sites (tertiary alicyclic amines) is 1. The molecule has 0 unspecified atom stereocenters. The van der Waals surface area contributed by atoms with Crippen LogP contribution >= 0.6 is 22.9 Å². The summed E-state index contributed by atoms with van der Waals surface area (Å²) in [5.74, 6) is -0.721. The topological polar surface area (TPSA) is 118 Å². The van der Waals surface area contributed by atoms with Gasteiger partial charge in [-0.2, -0.15) is 15.2 Å². The molecule has 2 N–H and O–H groups in total. The first-order chi connectivity index (χ1) is 23.7. The van der Waals surface area contributed by atoms with Crippen molar-refractivity contribution in [3.8, 4) is 17.8 Å². The first-order valence-electron chi connectivity index (χ1n) is 16.6. The van der Waals surface area contributed by atoms with Gasteiger partial charge in [0.1, 0.15) is 34.8 Å². The number of methoxy groups -OCH3 is 1. The summed E-state index contributed by atoms with van der Waals surface area (Å²) >= 11 is 7.58. The van der Waals surface area contributed by atoms with Gasteiger partial charge in [-0.05, 0) is 18.2 Å². The monoisotopic (exact) mass is 716 g/mol. The van der Waals surface area contributed by atoms with Gasteiger partial charge in [0.2, 0.25) is 5.91 Å². The Morgan fingerprint density at radius 2 is 1.94 bits per heavy atom. The Morgan fingerprint density at radius 3 is 2.49 bits per heavy atom. The smallest absolute Gasteiger partial charge is 0.318 e. The number of hydrogen-bond donors (Lipinski definition) is 1. The van der Waals surface area contributed by atoms with Crippen LogP contribution in [-0.2, 0) is 4.79 Å². The van der Waals surface area contributed by atoms with E-state index in [1.807, 2.05) is 38.7 Å². The molecule has 4 heterocycles. The van der Waals surface area contributed by atoms with Gasteiger partial charge in [0.15, 0.2) is 11.6 Å². The van der Waals surface area contributed by atoms with Crippen molar-refractivity contribution in [2.24, 2.45) is 5.92 Å². The average Bonchev–Trinajstić information content (AvgIpc) is 3.40. The van der Waals surface area contributed by atoms with Gasteiger partial charge in [-0.25, -0.2) is 8.78 Å². The number of nitriles is 1. The third kappa shape index (κ3) is 9.92. The molecule has 2 aliphatic heterocycles. The summed E-state index contributed by atoms with van der Waals surface area (Å²) in [4.78, 5) is 24.4. The largest absolute Gasteiger partial charge is 0.489 e. The van der Waals surface area contributed by atoms with Crippen LogP contribution in [0.5, 0.6) is 11.8 Å². The number of carbonyl (C=O) groups excluding carboxylic acids is 1. The number of nitrogens with zero attached hydrogens (tertiary/aromatic N) is 5. The average molecular weight is 717 g/mol. The van der Waals surface area contributed by atoms with Crippen molar-refractivity contribution in [1.29, 1.82) is 5.26 Å². The van der Waals surface area contributed by atoms with Crippen LogP contribution in [0.15, 0.2) is 30.9 Å². The van der Waals surface area contributed by atoms with Crippen LogP contribution in [0.2, 0.25) is 5.02 Å². The molecule has 0 atom stereocenters. The summed E-state index contributed by atoms with van der Waals surface area (Å²) in [5, 5.41) is 9.55. The van der Waals surface area contributed by atoms with Crippen LogP contribution < -0.4 is 20.1 Å². The predicted molar refractivity (Wildman–Crippen MR) is 198 cm³/mol. The standard InChI is InChI=1S/C27H23ClF2N6O3S.C5H12.2C2H6/c1-3-19(37)36-12-14(13-36)11-35-7-8-39-24-20-23(33-27(38-2)34-26(20)35)22(30)16(21(24)28)5-4-6-17(29)18-9-15(10-31)25(32)40-18;1-3-5-4-2;2*1-2/h3-6,9,14H,1,7-8,11-13,32H2,2H3;3-5H2,1-2H3;2*1-2H3/b5-4+,17-6+;;;. The number of ether oxygens (including phenoxy) is 2. The zero-order valence-corrected chi connectivity index (χ0v) is 31.0. The molecule has 1 saturated heterocycles. The third-order valence-electron chi connectivity index (χ3n) is 7.32. The minimum atomic E-state index is -0.750. The van der Waals surface area contributed by atoms with Crippen molar-refractivity contribution >= 4 is 62.5 Å². The number of anilines is 2. The van der Waals surface area contributed by atoms with Crippen LogP contribution in [0.3, 0.4) is 0 Å². The highest BCUT2D eigenvalue weighted by atomic mass is 35.5. The number of nitrogens with two attached hydrogens (primary N) is 1. The molecule has 0 bridgehead atoms. The highest BCUT2D eigenvalue weighted by molar-refractivity contribution is 7.17.